The lowest BCUT2D eigenvalue weighted by Gasteiger charge is -2.37. The van der Waals surface area contributed by atoms with Crippen LogP contribution in [0.1, 0.15) is 17.3 Å². The predicted octanol–water partition coefficient (Wildman–Crippen LogP) is 3.62. The SMILES string of the molecule is CC(C(=O)Nc1ccc2ccccc2c1)N1CCN(C(=O)c2ccccc2)CC1. The van der Waals surface area contributed by atoms with Crippen LogP contribution in [-0.2, 0) is 4.79 Å². The van der Waals surface area contributed by atoms with Crippen molar-refractivity contribution in [1.82, 2.24) is 9.80 Å². The van der Waals surface area contributed by atoms with Gasteiger partial charge in [0.2, 0.25) is 5.91 Å². The van der Waals surface area contributed by atoms with E-state index in [9.17, 15) is 9.59 Å². The molecule has 1 aliphatic rings. The summed E-state index contributed by atoms with van der Waals surface area (Å²) in [4.78, 5) is 29.3. The van der Waals surface area contributed by atoms with Crippen LogP contribution in [0.4, 0.5) is 5.69 Å². The molecule has 3 aromatic rings. The molecule has 1 unspecified atom stereocenters. The summed E-state index contributed by atoms with van der Waals surface area (Å²) in [5.74, 6) is 0.0293. The molecule has 1 saturated heterocycles. The molecule has 0 bridgehead atoms. The molecule has 1 heterocycles. The van der Waals surface area contributed by atoms with Crippen molar-refractivity contribution in [3.05, 3.63) is 78.4 Å². The first kappa shape index (κ1) is 19.2. The summed E-state index contributed by atoms with van der Waals surface area (Å²) < 4.78 is 0. The van der Waals surface area contributed by atoms with Crippen LogP contribution < -0.4 is 5.32 Å². The Kier molecular flexibility index (Phi) is 5.58. The van der Waals surface area contributed by atoms with Gasteiger partial charge in [-0.05, 0) is 42.0 Å². The fraction of sp³-hybridized carbons (Fsp3) is 0.250. The number of benzene rings is 3. The molecule has 29 heavy (non-hydrogen) atoms. The molecule has 148 valence electrons. The number of anilines is 1. The molecule has 5 nitrogen and oxygen atoms in total. The first-order chi connectivity index (χ1) is 14.1. The van der Waals surface area contributed by atoms with Gasteiger partial charge in [0.1, 0.15) is 0 Å². The summed E-state index contributed by atoms with van der Waals surface area (Å²) in [6.45, 7) is 4.55. The summed E-state index contributed by atoms with van der Waals surface area (Å²) in [6.07, 6.45) is 0. The van der Waals surface area contributed by atoms with Crippen LogP contribution >= 0.6 is 0 Å². The maximum absolute atomic E-state index is 12.8. The van der Waals surface area contributed by atoms with E-state index in [0.29, 0.717) is 31.7 Å². The van der Waals surface area contributed by atoms with Crippen molar-refractivity contribution in [3.63, 3.8) is 0 Å². The van der Waals surface area contributed by atoms with Gasteiger partial charge in [0.25, 0.3) is 5.91 Å². The van der Waals surface area contributed by atoms with Crippen molar-refractivity contribution in [2.75, 3.05) is 31.5 Å². The van der Waals surface area contributed by atoms with Crippen molar-refractivity contribution >= 4 is 28.3 Å². The van der Waals surface area contributed by atoms with Gasteiger partial charge in [0.15, 0.2) is 0 Å². The highest BCUT2D eigenvalue weighted by atomic mass is 16.2. The first-order valence-electron chi connectivity index (χ1n) is 10.00. The van der Waals surface area contributed by atoms with Crippen LogP contribution in [0.15, 0.2) is 72.8 Å². The third kappa shape index (κ3) is 4.30. The lowest BCUT2D eigenvalue weighted by Crippen LogP contribution is -2.54. The summed E-state index contributed by atoms with van der Waals surface area (Å²) in [7, 11) is 0. The van der Waals surface area contributed by atoms with Crippen LogP contribution in [0.2, 0.25) is 0 Å². The maximum atomic E-state index is 12.8. The molecule has 1 N–H and O–H groups in total. The number of rotatable bonds is 4. The third-order valence-electron chi connectivity index (χ3n) is 5.57. The molecular weight excluding hydrogens is 362 g/mol. The number of carbonyl (C=O) groups is 2. The van der Waals surface area contributed by atoms with Gasteiger partial charge in [-0.15, -0.1) is 0 Å². The molecule has 3 aromatic carbocycles. The van der Waals surface area contributed by atoms with E-state index in [2.05, 4.69) is 16.3 Å². The van der Waals surface area contributed by atoms with Crippen LogP contribution in [-0.4, -0.2) is 53.8 Å². The molecule has 5 heteroatoms. The second-order valence-electron chi connectivity index (χ2n) is 7.42. The molecule has 0 spiro atoms. The van der Waals surface area contributed by atoms with Gasteiger partial charge in [-0.2, -0.15) is 0 Å². The van der Waals surface area contributed by atoms with Crippen LogP contribution in [0.5, 0.6) is 0 Å². The van der Waals surface area contributed by atoms with Crippen molar-refractivity contribution < 1.29 is 9.59 Å². The van der Waals surface area contributed by atoms with Crippen molar-refractivity contribution in [2.45, 2.75) is 13.0 Å². The van der Waals surface area contributed by atoms with E-state index in [1.807, 2.05) is 78.6 Å². The van der Waals surface area contributed by atoms with Gasteiger partial charge in [-0.1, -0.05) is 48.5 Å². The van der Waals surface area contributed by atoms with E-state index < -0.39 is 0 Å². The monoisotopic (exact) mass is 387 g/mol. The van der Waals surface area contributed by atoms with Crippen molar-refractivity contribution in [1.29, 1.82) is 0 Å². The number of fused-ring (bicyclic) bond motifs is 1. The highest BCUT2D eigenvalue weighted by Crippen LogP contribution is 2.19. The number of carbonyl (C=O) groups excluding carboxylic acids is 2. The van der Waals surface area contributed by atoms with Gasteiger partial charge in [-0.25, -0.2) is 0 Å². The number of nitrogens with zero attached hydrogens (tertiary/aromatic N) is 2. The quantitative estimate of drug-likeness (QED) is 0.744. The Morgan fingerprint density at radius 3 is 2.21 bits per heavy atom. The Morgan fingerprint density at radius 2 is 1.48 bits per heavy atom. The zero-order valence-corrected chi connectivity index (χ0v) is 16.5. The average molecular weight is 387 g/mol. The molecule has 1 fully saturated rings. The van der Waals surface area contributed by atoms with E-state index in [1.54, 1.807) is 0 Å². The summed E-state index contributed by atoms with van der Waals surface area (Å²) in [6, 6.07) is 23.1. The normalized spacial score (nSPS) is 15.8. The molecule has 0 saturated carbocycles. The van der Waals surface area contributed by atoms with Crippen LogP contribution in [0.3, 0.4) is 0 Å². The Hall–Kier alpha value is -3.18. The van der Waals surface area contributed by atoms with Crippen LogP contribution in [0.25, 0.3) is 10.8 Å². The highest BCUT2D eigenvalue weighted by molar-refractivity contribution is 5.97. The Labute approximate surface area is 170 Å². The minimum atomic E-state index is -0.254. The molecule has 1 aliphatic heterocycles. The van der Waals surface area contributed by atoms with Gasteiger partial charge in [0.05, 0.1) is 6.04 Å². The number of nitrogens with one attached hydrogen (secondary N) is 1. The fourth-order valence-electron chi connectivity index (χ4n) is 3.76. The zero-order valence-electron chi connectivity index (χ0n) is 16.5. The number of amides is 2. The summed E-state index contributed by atoms with van der Waals surface area (Å²) in [5.41, 5.74) is 1.52. The number of hydrogen-bond donors (Lipinski definition) is 1. The Bertz CT molecular complexity index is 1010. The van der Waals surface area contributed by atoms with E-state index in [1.165, 1.54) is 0 Å². The average Bonchev–Trinajstić information content (AvgIpc) is 2.78. The van der Waals surface area contributed by atoms with Gasteiger partial charge >= 0.3 is 0 Å². The fourth-order valence-corrected chi connectivity index (χ4v) is 3.76. The second kappa shape index (κ2) is 8.45. The molecule has 1 atom stereocenters. The molecule has 0 aliphatic carbocycles. The predicted molar refractivity (Wildman–Crippen MR) is 116 cm³/mol. The second-order valence-corrected chi connectivity index (χ2v) is 7.42. The summed E-state index contributed by atoms with van der Waals surface area (Å²) in [5, 5.41) is 5.28. The van der Waals surface area contributed by atoms with E-state index in [-0.39, 0.29) is 17.9 Å². The Balaban J connectivity index is 1.34. The minimum Gasteiger partial charge on any atom is -0.336 e. The van der Waals surface area contributed by atoms with Gasteiger partial charge < -0.3 is 10.2 Å². The minimum absolute atomic E-state index is 0.0249. The standard InChI is InChI=1S/C24H25N3O2/c1-18(23(28)25-22-12-11-19-7-5-6-10-21(19)17-22)26-13-15-27(16-14-26)24(29)20-8-3-2-4-9-20/h2-12,17-18H,13-16H2,1H3,(H,25,28). The first-order valence-corrected chi connectivity index (χ1v) is 10.00. The smallest absolute Gasteiger partial charge is 0.253 e. The Morgan fingerprint density at radius 1 is 0.828 bits per heavy atom. The topological polar surface area (TPSA) is 52.7 Å². The lowest BCUT2D eigenvalue weighted by atomic mass is 10.1. The van der Waals surface area contributed by atoms with E-state index >= 15 is 0 Å². The highest BCUT2D eigenvalue weighted by Gasteiger charge is 2.27. The summed E-state index contributed by atoms with van der Waals surface area (Å²) >= 11 is 0. The molecular formula is C24H25N3O2. The number of hydrogen-bond acceptors (Lipinski definition) is 3. The third-order valence-corrected chi connectivity index (χ3v) is 5.57. The molecule has 0 radical (unpaired) electrons. The van der Waals surface area contributed by atoms with Crippen LogP contribution in [0, 0.1) is 0 Å². The molecule has 2 amide bonds. The van der Waals surface area contributed by atoms with Crippen molar-refractivity contribution in [3.8, 4) is 0 Å². The van der Waals surface area contributed by atoms with E-state index in [4.69, 9.17) is 0 Å². The largest absolute Gasteiger partial charge is 0.336 e. The van der Waals surface area contributed by atoms with Crippen molar-refractivity contribution in [2.24, 2.45) is 0 Å². The molecule has 0 aromatic heterocycles. The molecule has 4 rings (SSSR count). The van der Waals surface area contributed by atoms with Gasteiger partial charge in [-0.3, -0.25) is 14.5 Å². The van der Waals surface area contributed by atoms with Gasteiger partial charge in [0, 0.05) is 37.4 Å². The maximum Gasteiger partial charge on any atom is 0.253 e. The van der Waals surface area contributed by atoms with E-state index in [0.717, 1.165) is 16.5 Å². The lowest BCUT2D eigenvalue weighted by molar-refractivity contribution is -0.121. The zero-order chi connectivity index (χ0) is 20.2. The number of piperazine rings is 1.